The Labute approximate surface area is 115 Å². The number of carboxylic acids is 1. The molecule has 1 aliphatic carbocycles. The molecular weight excluding hydrogens is 258 g/mol. The summed E-state index contributed by atoms with van der Waals surface area (Å²) in [4.78, 5) is 23.0. The van der Waals surface area contributed by atoms with Crippen molar-refractivity contribution in [3.05, 3.63) is 33.9 Å². The van der Waals surface area contributed by atoms with E-state index in [1.807, 2.05) is 17.6 Å². The van der Waals surface area contributed by atoms with Crippen LogP contribution in [0.2, 0.25) is 0 Å². The van der Waals surface area contributed by atoms with Gasteiger partial charge in [-0.05, 0) is 19.3 Å². The second-order valence-corrected chi connectivity index (χ2v) is 5.31. The number of aliphatic carboxylic acids is 1. The molecule has 0 aliphatic heterocycles. The van der Waals surface area contributed by atoms with Gasteiger partial charge in [0.2, 0.25) is 0 Å². The topological polar surface area (TPSA) is 76.6 Å². The molecule has 6 heteroatoms. The molecule has 0 unspecified atom stereocenters. The Morgan fingerprint density at radius 1 is 1.45 bits per heavy atom. The number of hydrogen-bond acceptors (Lipinski definition) is 3. The van der Waals surface area contributed by atoms with Crippen LogP contribution in [0, 0.1) is 0 Å². The number of nitrogens with zero attached hydrogens (tertiary/aromatic N) is 3. The number of aromatic nitrogens is 3. The van der Waals surface area contributed by atoms with E-state index >= 15 is 0 Å². The third-order valence-electron chi connectivity index (χ3n) is 3.61. The van der Waals surface area contributed by atoms with Crippen LogP contribution in [0.4, 0.5) is 0 Å². The zero-order chi connectivity index (χ0) is 14.3. The molecule has 20 heavy (non-hydrogen) atoms. The van der Waals surface area contributed by atoms with E-state index in [1.54, 1.807) is 0 Å². The molecule has 0 bridgehead atoms. The number of rotatable bonds is 5. The molecule has 106 valence electrons. The maximum absolute atomic E-state index is 12.1. The van der Waals surface area contributed by atoms with Crippen LogP contribution in [-0.2, 0) is 17.8 Å². The predicted octanol–water partition coefficient (Wildman–Crippen LogP) is 1.41. The minimum atomic E-state index is -0.930. The Bertz CT molecular complexity index is 725. The monoisotopic (exact) mass is 275 g/mol. The minimum Gasteiger partial charge on any atom is -0.481 e. The summed E-state index contributed by atoms with van der Waals surface area (Å²) in [6.07, 6.45) is 2.96. The van der Waals surface area contributed by atoms with Gasteiger partial charge >= 0.3 is 5.97 Å². The van der Waals surface area contributed by atoms with E-state index in [1.165, 1.54) is 10.6 Å². The van der Waals surface area contributed by atoms with E-state index in [0.717, 1.165) is 25.0 Å². The van der Waals surface area contributed by atoms with Gasteiger partial charge in [-0.3, -0.25) is 9.59 Å². The molecule has 0 spiro atoms. The summed E-state index contributed by atoms with van der Waals surface area (Å²) in [6.45, 7) is 2.71. The van der Waals surface area contributed by atoms with Crippen LogP contribution in [0.5, 0.6) is 0 Å². The molecule has 0 saturated heterocycles. The van der Waals surface area contributed by atoms with Crippen LogP contribution < -0.4 is 5.56 Å². The zero-order valence-electron chi connectivity index (χ0n) is 11.4. The molecule has 0 atom stereocenters. The lowest BCUT2D eigenvalue weighted by atomic mass is 10.2. The van der Waals surface area contributed by atoms with E-state index in [9.17, 15) is 9.59 Å². The number of carbonyl (C=O) groups is 1. The molecule has 6 nitrogen and oxygen atoms in total. The summed E-state index contributed by atoms with van der Waals surface area (Å²) in [5.41, 5.74) is 1.94. The van der Waals surface area contributed by atoms with Gasteiger partial charge in [-0.25, -0.2) is 0 Å². The highest BCUT2D eigenvalue weighted by Gasteiger charge is 2.27. The molecule has 0 amide bonds. The van der Waals surface area contributed by atoms with Crippen molar-refractivity contribution >= 4 is 11.6 Å². The number of hydrogen-bond donors (Lipinski definition) is 1. The standard InChI is InChI=1S/C14H17N3O3/c1-2-5-16-10(7-14(19)20)6-13(18)17-12(16)8-11(15-17)9-3-4-9/h6,8-9H,2-5,7H2,1H3,(H,19,20). The Hall–Kier alpha value is -2.11. The molecule has 1 aliphatic rings. The molecule has 0 radical (unpaired) electrons. The third kappa shape index (κ3) is 2.21. The normalized spacial score (nSPS) is 14.8. The predicted molar refractivity (Wildman–Crippen MR) is 73.1 cm³/mol. The summed E-state index contributed by atoms with van der Waals surface area (Å²) >= 11 is 0. The van der Waals surface area contributed by atoms with Crippen LogP contribution in [-0.4, -0.2) is 25.3 Å². The number of fused-ring (bicyclic) bond motifs is 1. The molecule has 0 aromatic carbocycles. The first-order valence-corrected chi connectivity index (χ1v) is 6.94. The van der Waals surface area contributed by atoms with E-state index in [0.29, 0.717) is 23.8 Å². The van der Waals surface area contributed by atoms with E-state index in [4.69, 9.17) is 5.11 Å². The van der Waals surface area contributed by atoms with Crippen molar-refractivity contribution in [1.82, 2.24) is 14.2 Å². The first-order chi connectivity index (χ1) is 9.60. The van der Waals surface area contributed by atoms with Gasteiger partial charge < -0.3 is 9.67 Å². The summed E-state index contributed by atoms with van der Waals surface area (Å²) in [5.74, 6) is -0.465. The SMILES string of the molecule is CCCn1c(CC(=O)O)cc(=O)n2nc(C3CC3)cc12. The smallest absolute Gasteiger partial charge is 0.309 e. The van der Waals surface area contributed by atoms with Crippen molar-refractivity contribution in [3.63, 3.8) is 0 Å². The van der Waals surface area contributed by atoms with Crippen LogP contribution in [0.1, 0.15) is 43.5 Å². The molecule has 2 aromatic rings. The second-order valence-electron chi connectivity index (χ2n) is 5.31. The summed E-state index contributed by atoms with van der Waals surface area (Å²) < 4.78 is 3.29. The average molecular weight is 275 g/mol. The average Bonchev–Trinajstić information content (AvgIpc) is 3.13. The fraction of sp³-hybridized carbons (Fsp3) is 0.500. The quantitative estimate of drug-likeness (QED) is 0.895. The van der Waals surface area contributed by atoms with Gasteiger partial charge in [0, 0.05) is 30.3 Å². The first-order valence-electron chi connectivity index (χ1n) is 6.94. The fourth-order valence-electron chi connectivity index (χ4n) is 2.53. The zero-order valence-corrected chi connectivity index (χ0v) is 11.4. The molecular formula is C14H17N3O3. The van der Waals surface area contributed by atoms with Gasteiger partial charge in [0.05, 0.1) is 12.1 Å². The third-order valence-corrected chi connectivity index (χ3v) is 3.61. The van der Waals surface area contributed by atoms with Gasteiger partial charge in [0.25, 0.3) is 5.56 Å². The lowest BCUT2D eigenvalue weighted by Crippen LogP contribution is -2.22. The van der Waals surface area contributed by atoms with Crippen molar-refractivity contribution in [2.24, 2.45) is 0 Å². The molecule has 2 aromatic heterocycles. The van der Waals surface area contributed by atoms with E-state index < -0.39 is 5.97 Å². The lowest BCUT2D eigenvalue weighted by Gasteiger charge is -2.12. The molecule has 2 heterocycles. The summed E-state index contributed by atoms with van der Waals surface area (Å²) in [7, 11) is 0. The van der Waals surface area contributed by atoms with Crippen molar-refractivity contribution in [2.75, 3.05) is 0 Å². The maximum Gasteiger partial charge on any atom is 0.309 e. The maximum atomic E-state index is 12.1. The minimum absolute atomic E-state index is 0.143. The summed E-state index contributed by atoms with van der Waals surface area (Å²) in [6, 6.07) is 3.32. The fourth-order valence-corrected chi connectivity index (χ4v) is 2.53. The van der Waals surface area contributed by atoms with Gasteiger partial charge in [0.1, 0.15) is 5.65 Å². The van der Waals surface area contributed by atoms with Gasteiger partial charge in [-0.2, -0.15) is 9.61 Å². The van der Waals surface area contributed by atoms with Crippen LogP contribution >= 0.6 is 0 Å². The highest BCUT2D eigenvalue weighted by atomic mass is 16.4. The van der Waals surface area contributed by atoms with Gasteiger partial charge in [0.15, 0.2) is 0 Å². The second kappa shape index (κ2) is 4.77. The van der Waals surface area contributed by atoms with Crippen LogP contribution in [0.15, 0.2) is 16.9 Å². The van der Waals surface area contributed by atoms with E-state index in [-0.39, 0.29) is 12.0 Å². The molecule has 1 saturated carbocycles. The Morgan fingerprint density at radius 3 is 2.80 bits per heavy atom. The lowest BCUT2D eigenvalue weighted by molar-refractivity contribution is -0.136. The van der Waals surface area contributed by atoms with Gasteiger partial charge in [-0.1, -0.05) is 6.92 Å². The molecule has 1 N–H and O–H groups in total. The molecule has 1 fully saturated rings. The highest BCUT2D eigenvalue weighted by molar-refractivity contribution is 5.70. The number of aryl methyl sites for hydroxylation is 1. The van der Waals surface area contributed by atoms with Crippen molar-refractivity contribution < 1.29 is 9.90 Å². The van der Waals surface area contributed by atoms with Crippen LogP contribution in [0.3, 0.4) is 0 Å². The van der Waals surface area contributed by atoms with E-state index in [2.05, 4.69) is 5.10 Å². The van der Waals surface area contributed by atoms with Crippen molar-refractivity contribution in [2.45, 2.75) is 45.1 Å². The Balaban J connectivity index is 2.20. The summed E-state index contributed by atoms with van der Waals surface area (Å²) in [5, 5.41) is 13.4. The Morgan fingerprint density at radius 2 is 2.20 bits per heavy atom. The molecule has 3 rings (SSSR count). The van der Waals surface area contributed by atoms with Crippen molar-refractivity contribution in [1.29, 1.82) is 0 Å². The Kier molecular flexibility index (Phi) is 3.08. The largest absolute Gasteiger partial charge is 0.481 e. The van der Waals surface area contributed by atoms with Crippen molar-refractivity contribution in [3.8, 4) is 0 Å². The highest BCUT2D eigenvalue weighted by Crippen LogP contribution is 2.39. The van der Waals surface area contributed by atoms with Crippen LogP contribution in [0.25, 0.3) is 5.65 Å². The first kappa shape index (κ1) is 12.9. The van der Waals surface area contributed by atoms with Gasteiger partial charge in [-0.15, -0.1) is 0 Å². The number of carboxylic acid groups (broad SMARTS) is 1.